The zero-order valence-electron chi connectivity index (χ0n) is 10.4. The van der Waals surface area contributed by atoms with Crippen molar-refractivity contribution in [1.82, 2.24) is 15.1 Å². The van der Waals surface area contributed by atoms with E-state index >= 15 is 0 Å². The molecule has 2 aliphatic heterocycles. The third-order valence-corrected chi connectivity index (χ3v) is 3.99. The van der Waals surface area contributed by atoms with Crippen molar-refractivity contribution in [3.63, 3.8) is 0 Å². The fourth-order valence-electron chi connectivity index (χ4n) is 3.00. The SMILES string of the molecule is CNC(CO)CN1CCCN2CCCC2C1. The number of hydrogen-bond acceptors (Lipinski definition) is 4. The van der Waals surface area contributed by atoms with Crippen LogP contribution in [0.5, 0.6) is 0 Å². The summed E-state index contributed by atoms with van der Waals surface area (Å²) in [6.07, 6.45) is 4.01. The van der Waals surface area contributed by atoms with Gasteiger partial charge < -0.3 is 15.3 Å². The second-order valence-corrected chi connectivity index (χ2v) is 5.11. The van der Waals surface area contributed by atoms with Crippen LogP contribution in [0.25, 0.3) is 0 Å². The van der Waals surface area contributed by atoms with E-state index in [9.17, 15) is 5.11 Å². The molecule has 0 saturated carbocycles. The smallest absolute Gasteiger partial charge is 0.0597 e. The van der Waals surface area contributed by atoms with E-state index in [1.54, 1.807) is 0 Å². The molecule has 0 bridgehead atoms. The first-order valence-electron chi connectivity index (χ1n) is 6.58. The van der Waals surface area contributed by atoms with Gasteiger partial charge >= 0.3 is 0 Å². The quantitative estimate of drug-likeness (QED) is 0.694. The summed E-state index contributed by atoms with van der Waals surface area (Å²) in [4.78, 5) is 5.17. The molecule has 0 spiro atoms. The number of likely N-dealkylation sites (N-methyl/N-ethyl adjacent to an activating group) is 1. The third-order valence-electron chi connectivity index (χ3n) is 3.99. The average Bonchev–Trinajstić information content (AvgIpc) is 2.65. The summed E-state index contributed by atoms with van der Waals surface area (Å²) in [6.45, 7) is 6.17. The number of nitrogens with zero attached hydrogens (tertiary/aromatic N) is 2. The molecule has 2 atom stereocenters. The van der Waals surface area contributed by atoms with Gasteiger partial charge in [-0.1, -0.05) is 0 Å². The van der Waals surface area contributed by atoms with Crippen LogP contribution in [-0.4, -0.2) is 73.4 Å². The molecule has 2 rings (SSSR count). The van der Waals surface area contributed by atoms with Crippen molar-refractivity contribution in [3.05, 3.63) is 0 Å². The molecule has 2 unspecified atom stereocenters. The van der Waals surface area contributed by atoms with Crippen molar-refractivity contribution >= 4 is 0 Å². The molecule has 0 aliphatic carbocycles. The van der Waals surface area contributed by atoms with Crippen LogP contribution in [0.3, 0.4) is 0 Å². The summed E-state index contributed by atoms with van der Waals surface area (Å²) < 4.78 is 0. The lowest BCUT2D eigenvalue weighted by atomic mass is 10.2. The number of aliphatic hydroxyl groups is 1. The Balaban J connectivity index is 1.85. The number of hydrogen-bond donors (Lipinski definition) is 2. The summed E-state index contributed by atoms with van der Waals surface area (Å²) in [5.74, 6) is 0. The maximum Gasteiger partial charge on any atom is 0.0597 e. The Labute approximate surface area is 98.6 Å². The van der Waals surface area contributed by atoms with Gasteiger partial charge in [-0.25, -0.2) is 0 Å². The van der Waals surface area contributed by atoms with Crippen molar-refractivity contribution in [1.29, 1.82) is 0 Å². The van der Waals surface area contributed by atoms with Gasteiger partial charge in [0.2, 0.25) is 0 Å². The summed E-state index contributed by atoms with van der Waals surface area (Å²) in [5.41, 5.74) is 0. The van der Waals surface area contributed by atoms with E-state index in [0.717, 1.165) is 12.6 Å². The van der Waals surface area contributed by atoms with Gasteiger partial charge in [-0.3, -0.25) is 4.90 Å². The number of fused-ring (bicyclic) bond motifs is 1. The van der Waals surface area contributed by atoms with Crippen LogP contribution in [0.2, 0.25) is 0 Å². The molecular weight excluding hydrogens is 202 g/mol. The van der Waals surface area contributed by atoms with Crippen LogP contribution in [0.15, 0.2) is 0 Å². The van der Waals surface area contributed by atoms with E-state index < -0.39 is 0 Å². The number of rotatable bonds is 4. The molecule has 0 aromatic rings. The summed E-state index contributed by atoms with van der Waals surface area (Å²) in [7, 11) is 1.93. The molecule has 2 fully saturated rings. The minimum absolute atomic E-state index is 0.230. The summed E-state index contributed by atoms with van der Waals surface area (Å²) in [5, 5.41) is 12.4. The average molecular weight is 227 g/mol. The highest BCUT2D eigenvalue weighted by Crippen LogP contribution is 2.21. The predicted molar refractivity (Wildman–Crippen MR) is 65.6 cm³/mol. The van der Waals surface area contributed by atoms with Crippen LogP contribution in [0.4, 0.5) is 0 Å². The van der Waals surface area contributed by atoms with Gasteiger partial charge in [-0.05, 0) is 45.9 Å². The topological polar surface area (TPSA) is 38.7 Å². The van der Waals surface area contributed by atoms with Crippen molar-refractivity contribution in [2.75, 3.05) is 46.4 Å². The largest absolute Gasteiger partial charge is 0.395 e. The Morgan fingerprint density at radius 1 is 1.31 bits per heavy atom. The molecular formula is C12H25N3O. The van der Waals surface area contributed by atoms with E-state index in [2.05, 4.69) is 15.1 Å². The van der Waals surface area contributed by atoms with Gasteiger partial charge in [0.15, 0.2) is 0 Å². The van der Waals surface area contributed by atoms with Crippen molar-refractivity contribution in [2.45, 2.75) is 31.3 Å². The first-order valence-corrected chi connectivity index (χ1v) is 6.58. The predicted octanol–water partition coefficient (Wildman–Crippen LogP) is -0.263. The van der Waals surface area contributed by atoms with Crippen molar-refractivity contribution < 1.29 is 5.11 Å². The van der Waals surface area contributed by atoms with Crippen molar-refractivity contribution in [3.8, 4) is 0 Å². The van der Waals surface area contributed by atoms with Crippen LogP contribution in [0.1, 0.15) is 19.3 Å². The second-order valence-electron chi connectivity index (χ2n) is 5.11. The summed E-state index contributed by atoms with van der Waals surface area (Å²) >= 11 is 0. The van der Waals surface area contributed by atoms with Gasteiger partial charge in [-0.15, -0.1) is 0 Å². The van der Waals surface area contributed by atoms with Crippen LogP contribution in [0, 0.1) is 0 Å². The first kappa shape index (κ1) is 12.3. The Bertz CT molecular complexity index is 208. The van der Waals surface area contributed by atoms with Crippen LogP contribution < -0.4 is 5.32 Å². The van der Waals surface area contributed by atoms with E-state index in [1.165, 1.54) is 45.4 Å². The van der Waals surface area contributed by atoms with Gasteiger partial charge in [0.1, 0.15) is 0 Å². The van der Waals surface area contributed by atoms with Gasteiger partial charge in [0.05, 0.1) is 6.61 Å². The van der Waals surface area contributed by atoms with Gasteiger partial charge in [0.25, 0.3) is 0 Å². The Morgan fingerprint density at radius 2 is 2.12 bits per heavy atom. The maximum absolute atomic E-state index is 9.21. The highest BCUT2D eigenvalue weighted by Gasteiger charge is 2.29. The monoisotopic (exact) mass is 227 g/mol. The summed E-state index contributed by atoms with van der Waals surface area (Å²) in [6, 6.07) is 1.01. The zero-order chi connectivity index (χ0) is 11.4. The van der Waals surface area contributed by atoms with E-state index in [-0.39, 0.29) is 12.6 Å². The molecule has 0 amide bonds. The molecule has 0 aromatic carbocycles. The Morgan fingerprint density at radius 3 is 2.88 bits per heavy atom. The molecule has 4 heteroatoms. The number of nitrogens with one attached hydrogen (secondary N) is 1. The Kier molecular flexibility index (Phi) is 4.58. The third kappa shape index (κ3) is 2.94. The van der Waals surface area contributed by atoms with E-state index in [0.29, 0.717) is 0 Å². The molecule has 0 radical (unpaired) electrons. The normalized spacial score (nSPS) is 30.0. The van der Waals surface area contributed by atoms with Crippen molar-refractivity contribution in [2.24, 2.45) is 0 Å². The lowest BCUT2D eigenvalue weighted by Gasteiger charge is -2.28. The minimum atomic E-state index is 0.230. The van der Waals surface area contributed by atoms with Crippen LogP contribution in [-0.2, 0) is 0 Å². The van der Waals surface area contributed by atoms with Gasteiger partial charge in [0, 0.05) is 25.2 Å². The molecule has 2 heterocycles. The molecule has 0 aromatic heterocycles. The molecule has 2 aliphatic rings. The molecule has 94 valence electrons. The highest BCUT2D eigenvalue weighted by atomic mass is 16.3. The minimum Gasteiger partial charge on any atom is -0.395 e. The van der Waals surface area contributed by atoms with E-state index in [4.69, 9.17) is 0 Å². The van der Waals surface area contributed by atoms with E-state index in [1.807, 2.05) is 7.05 Å². The maximum atomic E-state index is 9.21. The molecule has 16 heavy (non-hydrogen) atoms. The fraction of sp³-hybridized carbons (Fsp3) is 1.00. The zero-order valence-corrected chi connectivity index (χ0v) is 10.4. The first-order chi connectivity index (χ1) is 7.83. The lowest BCUT2D eigenvalue weighted by molar-refractivity contribution is 0.173. The Hall–Kier alpha value is -0.160. The van der Waals surface area contributed by atoms with Crippen LogP contribution >= 0.6 is 0 Å². The highest BCUT2D eigenvalue weighted by molar-refractivity contribution is 4.86. The number of aliphatic hydroxyl groups excluding tert-OH is 1. The van der Waals surface area contributed by atoms with Gasteiger partial charge in [-0.2, -0.15) is 0 Å². The second kappa shape index (κ2) is 5.96. The molecule has 2 N–H and O–H groups in total. The lowest BCUT2D eigenvalue weighted by Crippen LogP contribution is -2.45. The fourth-order valence-corrected chi connectivity index (χ4v) is 3.00. The molecule has 2 saturated heterocycles. The standard InChI is InChI=1S/C12H25N3O/c1-13-11(10-16)8-14-5-3-7-15-6-2-4-12(15)9-14/h11-13,16H,2-10H2,1H3. The molecule has 4 nitrogen and oxygen atoms in total.